The third-order valence-corrected chi connectivity index (χ3v) is 4.60. The quantitative estimate of drug-likeness (QED) is 0.835. The minimum Gasteiger partial charge on any atom is -0.449 e. The van der Waals surface area contributed by atoms with E-state index in [1.54, 1.807) is 24.3 Å². The third kappa shape index (κ3) is 2.39. The minimum atomic E-state index is -0.428. The second-order valence-corrected chi connectivity index (χ2v) is 6.21. The van der Waals surface area contributed by atoms with Crippen molar-refractivity contribution in [1.82, 2.24) is 0 Å². The molecule has 0 aliphatic heterocycles. The summed E-state index contributed by atoms with van der Waals surface area (Å²) in [6.45, 7) is 5.62. The molecule has 1 aliphatic carbocycles. The fourth-order valence-electron chi connectivity index (χ4n) is 2.72. The van der Waals surface area contributed by atoms with Crippen LogP contribution >= 0.6 is 11.6 Å². The molecule has 0 saturated carbocycles. The van der Waals surface area contributed by atoms with E-state index in [1.165, 1.54) is 0 Å². The van der Waals surface area contributed by atoms with Crippen LogP contribution in [0.1, 0.15) is 37.4 Å². The van der Waals surface area contributed by atoms with E-state index >= 15 is 0 Å². The van der Waals surface area contributed by atoms with Crippen LogP contribution in [0.15, 0.2) is 41.1 Å². The number of nitrogen functional groups attached to an aromatic ring is 1. The summed E-state index contributed by atoms with van der Waals surface area (Å²) in [5.41, 5.74) is 9.70. The summed E-state index contributed by atoms with van der Waals surface area (Å²) in [5, 5.41) is -0.225. The first-order valence-corrected chi connectivity index (χ1v) is 7.83. The van der Waals surface area contributed by atoms with Crippen LogP contribution < -0.4 is 10.5 Å². The second kappa shape index (κ2) is 5.80. The van der Waals surface area contributed by atoms with Crippen LogP contribution in [-0.2, 0) is 0 Å². The van der Waals surface area contributed by atoms with Crippen molar-refractivity contribution in [3.63, 3.8) is 0 Å². The molecule has 122 valence electrons. The van der Waals surface area contributed by atoms with Crippen LogP contribution in [0.5, 0.6) is 5.75 Å². The maximum Gasteiger partial charge on any atom is 0.230 e. The molecule has 24 heavy (non-hydrogen) atoms. The number of ketones is 2. The van der Waals surface area contributed by atoms with Gasteiger partial charge in [0, 0.05) is 11.1 Å². The topological polar surface area (TPSA) is 69.4 Å². The second-order valence-electron chi connectivity index (χ2n) is 5.83. The van der Waals surface area contributed by atoms with Gasteiger partial charge in [-0.3, -0.25) is 9.59 Å². The molecule has 0 fully saturated rings. The van der Waals surface area contributed by atoms with E-state index in [0.717, 1.165) is 16.7 Å². The van der Waals surface area contributed by atoms with Gasteiger partial charge >= 0.3 is 0 Å². The molecule has 0 saturated heterocycles. The SMILES string of the molecule is Cc1cc(C)c(N)c(OC2=C(Cl)C(=O)c3ccccc3C2=O)c1C. The molecule has 2 aromatic rings. The fraction of sp³-hybridized carbons (Fsp3) is 0.158. The van der Waals surface area contributed by atoms with Crippen molar-refractivity contribution in [2.45, 2.75) is 20.8 Å². The predicted octanol–water partition coefficient (Wildman–Crippen LogP) is 4.10. The lowest BCUT2D eigenvalue weighted by Gasteiger charge is -2.21. The van der Waals surface area contributed by atoms with Gasteiger partial charge in [-0.1, -0.05) is 41.9 Å². The van der Waals surface area contributed by atoms with E-state index in [4.69, 9.17) is 22.1 Å². The standard InChI is InChI=1S/C19H16ClNO3/c1-9-8-10(2)15(21)18(11(9)3)24-19-14(20)16(22)12-6-4-5-7-13(12)17(19)23/h4-8H,21H2,1-3H3. The number of Topliss-reactive ketones (excluding diaryl/α,β-unsaturated/α-hetero) is 2. The Morgan fingerprint density at radius 1 is 0.958 bits per heavy atom. The average molecular weight is 342 g/mol. The van der Waals surface area contributed by atoms with E-state index in [9.17, 15) is 9.59 Å². The summed E-state index contributed by atoms with van der Waals surface area (Å²) < 4.78 is 5.78. The molecule has 0 spiro atoms. The largest absolute Gasteiger partial charge is 0.449 e. The summed E-state index contributed by atoms with van der Waals surface area (Å²) in [6.07, 6.45) is 0. The molecule has 2 aromatic carbocycles. The number of anilines is 1. The third-order valence-electron chi connectivity index (χ3n) is 4.26. The van der Waals surface area contributed by atoms with Gasteiger partial charge in [0.1, 0.15) is 5.03 Å². The average Bonchev–Trinajstić information content (AvgIpc) is 2.57. The maximum atomic E-state index is 12.7. The first-order valence-electron chi connectivity index (χ1n) is 7.45. The molecule has 3 rings (SSSR count). The normalized spacial score (nSPS) is 14.0. The number of benzene rings is 2. The number of hydrogen-bond acceptors (Lipinski definition) is 4. The van der Waals surface area contributed by atoms with E-state index in [-0.39, 0.29) is 21.9 Å². The fourth-order valence-corrected chi connectivity index (χ4v) is 2.94. The van der Waals surface area contributed by atoms with E-state index < -0.39 is 11.6 Å². The van der Waals surface area contributed by atoms with Crippen molar-refractivity contribution in [3.8, 4) is 5.75 Å². The predicted molar refractivity (Wildman–Crippen MR) is 93.7 cm³/mol. The van der Waals surface area contributed by atoms with Gasteiger partial charge in [-0.05, 0) is 37.5 Å². The summed E-state index contributed by atoms with van der Waals surface area (Å²) in [4.78, 5) is 25.1. The number of carbonyl (C=O) groups is 2. The highest BCUT2D eigenvalue weighted by Crippen LogP contribution is 2.36. The molecule has 1 aliphatic rings. The Labute approximate surface area is 144 Å². The van der Waals surface area contributed by atoms with Gasteiger partial charge in [-0.2, -0.15) is 0 Å². The summed E-state index contributed by atoms with van der Waals surface area (Å²) in [6, 6.07) is 8.48. The van der Waals surface area contributed by atoms with Gasteiger partial charge < -0.3 is 10.5 Å². The maximum absolute atomic E-state index is 12.7. The van der Waals surface area contributed by atoms with Crippen molar-refractivity contribution in [3.05, 3.63) is 68.9 Å². The molecule has 0 unspecified atom stereocenters. The molecule has 0 heterocycles. The number of carbonyl (C=O) groups excluding carboxylic acids is 2. The number of nitrogens with two attached hydrogens (primary N) is 1. The molecule has 0 aromatic heterocycles. The molecule has 0 amide bonds. The first-order chi connectivity index (χ1) is 11.3. The van der Waals surface area contributed by atoms with E-state index in [1.807, 2.05) is 26.8 Å². The van der Waals surface area contributed by atoms with Crippen LogP contribution in [0.3, 0.4) is 0 Å². The van der Waals surface area contributed by atoms with Gasteiger partial charge in [0.25, 0.3) is 0 Å². The van der Waals surface area contributed by atoms with Crippen LogP contribution in [0.2, 0.25) is 0 Å². The zero-order chi connectivity index (χ0) is 17.6. The van der Waals surface area contributed by atoms with Crippen LogP contribution in [-0.4, -0.2) is 11.6 Å². The number of allylic oxidation sites excluding steroid dienone is 2. The molecular weight excluding hydrogens is 326 g/mol. The Bertz CT molecular complexity index is 902. The number of fused-ring (bicyclic) bond motifs is 1. The van der Waals surface area contributed by atoms with Gasteiger partial charge in [0.15, 0.2) is 11.5 Å². The van der Waals surface area contributed by atoms with Crippen molar-refractivity contribution in [1.29, 1.82) is 0 Å². The lowest BCUT2D eigenvalue weighted by molar-refractivity contribution is 0.0943. The Morgan fingerprint density at radius 2 is 1.54 bits per heavy atom. The number of ether oxygens (including phenoxy) is 1. The number of aryl methyl sites for hydroxylation is 2. The van der Waals surface area contributed by atoms with E-state index in [2.05, 4.69) is 0 Å². The zero-order valence-corrected chi connectivity index (χ0v) is 14.3. The van der Waals surface area contributed by atoms with Gasteiger partial charge in [-0.15, -0.1) is 0 Å². The number of rotatable bonds is 2. The minimum absolute atomic E-state index is 0.180. The highest BCUT2D eigenvalue weighted by Gasteiger charge is 2.33. The number of halogens is 1. The van der Waals surface area contributed by atoms with Crippen LogP contribution in [0.25, 0.3) is 0 Å². The highest BCUT2D eigenvalue weighted by atomic mass is 35.5. The van der Waals surface area contributed by atoms with Gasteiger partial charge in [0.2, 0.25) is 11.6 Å². The van der Waals surface area contributed by atoms with Gasteiger partial charge in [0.05, 0.1) is 5.69 Å². The summed E-state index contributed by atoms with van der Waals surface area (Å²) in [7, 11) is 0. The lowest BCUT2D eigenvalue weighted by atomic mass is 9.93. The van der Waals surface area contributed by atoms with Gasteiger partial charge in [-0.25, -0.2) is 0 Å². The summed E-state index contributed by atoms with van der Waals surface area (Å²) in [5.74, 6) is -0.669. The van der Waals surface area contributed by atoms with Crippen LogP contribution in [0.4, 0.5) is 5.69 Å². The lowest BCUT2D eigenvalue weighted by Crippen LogP contribution is -2.23. The smallest absolute Gasteiger partial charge is 0.230 e. The van der Waals surface area contributed by atoms with Crippen LogP contribution in [0, 0.1) is 20.8 Å². The summed E-state index contributed by atoms with van der Waals surface area (Å²) >= 11 is 6.13. The zero-order valence-electron chi connectivity index (χ0n) is 13.6. The number of hydrogen-bond donors (Lipinski definition) is 1. The van der Waals surface area contributed by atoms with E-state index in [0.29, 0.717) is 11.4 Å². The van der Waals surface area contributed by atoms with Crippen molar-refractivity contribution in [2.75, 3.05) is 5.73 Å². The van der Waals surface area contributed by atoms with Crippen molar-refractivity contribution >= 4 is 28.9 Å². The molecule has 5 heteroatoms. The molecule has 2 N–H and O–H groups in total. The molecule has 0 radical (unpaired) electrons. The Hall–Kier alpha value is -2.59. The Morgan fingerprint density at radius 3 is 2.17 bits per heavy atom. The molecule has 0 bridgehead atoms. The Kier molecular flexibility index (Phi) is 3.93. The van der Waals surface area contributed by atoms with Crippen molar-refractivity contribution in [2.24, 2.45) is 0 Å². The van der Waals surface area contributed by atoms with Crippen molar-refractivity contribution < 1.29 is 14.3 Å². The monoisotopic (exact) mass is 341 g/mol. The molecule has 4 nitrogen and oxygen atoms in total. The molecule has 0 atom stereocenters. The Balaban J connectivity index is 2.14. The molecular formula is C19H16ClNO3. The first kappa shape index (κ1) is 16.3. The highest BCUT2D eigenvalue weighted by molar-refractivity contribution is 6.49.